The van der Waals surface area contributed by atoms with E-state index in [0.29, 0.717) is 33.6 Å². The van der Waals surface area contributed by atoms with Gasteiger partial charge in [0.25, 0.3) is 11.8 Å². The monoisotopic (exact) mass is 406 g/mol. The summed E-state index contributed by atoms with van der Waals surface area (Å²) >= 11 is 6.08. The van der Waals surface area contributed by atoms with Gasteiger partial charge in [-0.25, -0.2) is 0 Å². The average molecular weight is 407 g/mol. The van der Waals surface area contributed by atoms with Gasteiger partial charge in [-0.1, -0.05) is 41.9 Å². The summed E-state index contributed by atoms with van der Waals surface area (Å²) in [6.45, 7) is 2.02. The van der Waals surface area contributed by atoms with Gasteiger partial charge in [0.1, 0.15) is 0 Å². The summed E-state index contributed by atoms with van der Waals surface area (Å²) in [5.41, 5.74) is 2.51. The van der Waals surface area contributed by atoms with Crippen molar-refractivity contribution >= 4 is 45.8 Å². The molecule has 3 amide bonds. The lowest BCUT2D eigenvalue weighted by Crippen LogP contribution is -2.41. The summed E-state index contributed by atoms with van der Waals surface area (Å²) in [4.78, 5) is 39.2. The van der Waals surface area contributed by atoms with E-state index in [4.69, 9.17) is 11.6 Å². The second-order valence-electron chi connectivity index (χ2n) is 7.04. The molecule has 0 saturated heterocycles. The number of carbonyl (C=O) groups excluding carboxylic acids is 3. The van der Waals surface area contributed by atoms with Crippen molar-refractivity contribution in [1.82, 2.24) is 4.90 Å². The number of hydrogen-bond donors (Lipinski definition) is 1. The summed E-state index contributed by atoms with van der Waals surface area (Å²) in [5, 5.41) is 4.99. The molecule has 5 nitrogen and oxygen atoms in total. The maximum absolute atomic E-state index is 12.9. The van der Waals surface area contributed by atoms with Crippen LogP contribution in [0.5, 0.6) is 0 Å². The van der Waals surface area contributed by atoms with Crippen molar-refractivity contribution in [2.75, 3.05) is 11.9 Å². The Balaban J connectivity index is 1.44. The number of nitrogens with one attached hydrogen (secondary N) is 1. The molecule has 0 aliphatic carbocycles. The fraction of sp³-hybridized carbons (Fsp3) is 0.174. The summed E-state index contributed by atoms with van der Waals surface area (Å²) in [5.74, 6) is -0.814. The molecular weight excluding hydrogens is 388 g/mol. The molecule has 1 heterocycles. The number of nitrogens with zero attached hydrogens (tertiary/aromatic N) is 1. The van der Waals surface area contributed by atoms with E-state index in [1.54, 1.807) is 30.3 Å². The number of imide groups is 1. The molecule has 0 saturated carbocycles. The molecule has 3 aromatic carbocycles. The number of rotatable bonds is 5. The highest BCUT2D eigenvalue weighted by Crippen LogP contribution is 2.30. The number of carbonyl (C=O) groups is 3. The Hall–Kier alpha value is -3.18. The van der Waals surface area contributed by atoms with Crippen LogP contribution in [0.2, 0.25) is 5.02 Å². The van der Waals surface area contributed by atoms with Crippen molar-refractivity contribution in [3.63, 3.8) is 0 Å². The van der Waals surface area contributed by atoms with Gasteiger partial charge in [-0.05, 0) is 48.6 Å². The molecule has 0 fully saturated rings. The van der Waals surface area contributed by atoms with Crippen molar-refractivity contribution in [2.45, 2.75) is 19.8 Å². The number of halogens is 1. The summed E-state index contributed by atoms with van der Waals surface area (Å²) in [7, 11) is 0. The van der Waals surface area contributed by atoms with Crippen LogP contribution in [-0.4, -0.2) is 29.2 Å². The number of amides is 3. The van der Waals surface area contributed by atoms with Gasteiger partial charge in [-0.3, -0.25) is 19.3 Å². The lowest BCUT2D eigenvalue weighted by atomic mass is 9.94. The van der Waals surface area contributed by atoms with Gasteiger partial charge in [0.05, 0.1) is 0 Å². The molecule has 0 unspecified atom stereocenters. The van der Waals surface area contributed by atoms with E-state index in [-0.39, 0.29) is 30.7 Å². The smallest absolute Gasteiger partial charge is 0.261 e. The maximum Gasteiger partial charge on any atom is 0.261 e. The third-order valence-electron chi connectivity index (χ3n) is 5.18. The first-order valence-electron chi connectivity index (χ1n) is 9.40. The first kappa shape index (κ1) is 19.2. The minimum Gasteiger partial charge on any atom is -0.326 e. The summed E-state index contributed by atoms with van der Waals surface area (Å²) in [6.07, 6.45) is 0.565. The van der Waals surface area contributed by atoms with Gasteiger partial charge in [-0.2, -0.15) is 0 Å². The molecule has 1 N–H and O–H groups in total. The molecule has 1 aliphatic heterocycles. The molecular formula is C23H19ClN2O3. The second-order valence-corrected chi connectivity index (χ2v) is 7.44. The Labute approximate surface area is 173 Å². The van der Waals surface area contributed by atoms with Crippen LogP contribution in [-0.2, 0) is 4.79 Å². The predicted octanol–water partition coefficient (Wildman–Crippen LogP) is 4.82. The zero-order valence-corrected chi connectivity index (χ0v) is 16.6. The molecule has 0 spiro atoms. The molecule has 4 rings (SSSR count). The molecule has 0 aromatic heterocycles. The summed E-state index contributed by atoms with van der Waals surface area (Å²) in [6, 6.07) is 16.2. The van der Waals surface area contributed by atoms with Crippen LogP contribution >= 0.6 is 11.6 Å². The minimum atomic E-state index is -0.314. The van der Waals surface area contributed by atoms with Crippen LogP contribution < -0.4 is 5.32 Å². The van der Waals surface area contributed by atoms with Crippen molar-refractivity contribution in [2.24, 2.45) is 0 Å². The Morgan fingerprint density at radius 2 is 1.59 bits per heavy atom. The Kier molecular flexibility index (Phi) is 5.07. The van der Waals surface area contributed by atoms with Crippen molar-refractivity contribution < 1.29 is 14.4 Å². The molecule has 0 atom stereocenters. The third kappa shape index (κ3) is 3.49. The van der Waals surface area contributed by atoms with E-state index in [1.165, 1.54) is 4.90 Å². The van der Waals surface area contributed by atoms with E-state index < -0.39 is 0 Å². The largest absolute Gasteiger partial charge is 0.326 e. The van der Waals surface area contributed by atoms with E-state index in [9.17, 15) is 14.4 Å². The second kappa shape index (κ2) is 7.68. The van der Waals surface area contributed by atoms with Crippen LogP contribution in [0.25, 0.3) is 10.8 Å². The van der Waals surface area contributed by atoms with Crippen LogP contribution in [0.3, 0.4) is 0 Å². The Bertz CT molecular complexity index is 1110. The van der Waals surface area contributed by atoms with Crippen LogP contribution in [0.1, 0.15) is 39.1 Å². The van der Waals surface area contributed by atoms with Crippen LogP contribution in [0.15, 0.2) is 54.6 Å². The van der Waals surface area contributed by atoms with Gasteiger partial charge in [0, 0.05) is 40.2 Å². The Morgan fingerprint density at radius 1 is 0.966 bits per heavy atom. The predicted molar refractivity (Wildman–Crippen MR) is 113 cm³/mol. The van der Waals surface area contributed by atoms with Crippen molar-refractivity contribution in [3.8, 4) is 0 Å². The number of hydrogen-bond acceptors (Lipinski definition) is 3. The summed E-state index contributed by atoms with van der Waals surface area (Å²) < 4.78 is 0. The molecule has 0 radical (unpaired) electrons. The molecule has 29 heavy (non-hydrogen) atoms. The molecule has 1 aliphatic rings. The number of benzene rings is 3. The van der Waals surface area contributed by atoms with Gasteiger partial charge < -0.3 is 5.32 Å². The highest BCUT2D eigenvalue weighted by atomic mass is 35.5. The topological polar surface area (TPSA) is 66.5 Å². The molecule has 146 valence electrons. The third-order valence-corrected chi connectivity index (χ3v) is 5.59. The van der Waals surface area contributed by atoms with Crippen LogP contribution in [0.4, 0.5) is 5.69 Å². The fourth-order valence-electron chi connectivity index (χ4n) is 3.64. The van der Waals surface area contributed by atoms with Gasteiger partial charge in [-0.15, -0.1) is 0 Å². The Morgan fingerprint density at radius 3 is 2.24 bits per heavy atom. The van der Waals surface area contributed by atoms with Crippen molar-refractivity contribution in [3.05, 3.63) is 76.3 Å². The highest BCUT2D eigenvalue weighted by molar-refractivity contribution is 6.31. The van der Waals surface area contributed by atoms with Gasteiger partial charge in [0.15, 0.2) is 0 Å². The standard InChI is InChI=1S/C23H19ClN2O3/c1-14-18(24)10-4-11-19(14)25-20(27)12-5-13-26-22(28)16-8-2-6-15-7-3-9-17(21(15)16)23(26)29/h2-4,6-11H,5,12-13H2,1H3,(H,25,27). The lowest BCUT2D eigenvalue weighted by molar-refractivity contribution is -0.116. The van der Waals surface area contributed by atoms with Gasteiger partial charge in [0.2, 0.25) is 5.91 Å². The van der Waals surface area contributed by atoms with Crippen LogP contribution in [0, 0.1) is 6.92 Å². The lowest BCUT2D eigenvalue weighted by Gasteiger charge is -2.27. The van der Waals surface area contributed by atoms with E-state index in [2.05, 4.69) is 5.32 Å². The van der Waals surface area contributed by atoms with Gasteiger partial charge >= 0.3 is 0 Å². The molecule has 6 heteroatoms. The highest BCUT2D eigenvalue weighted by Gasteiger charge is 2.32. The quantitative estimate of drug-likeness (QED) is 0.618. The minimum absolute atomic E-state index is 0.185. The fourth-order valence-corrected chi connectivity index (χ4v) is 3.81. The zero-order valence-electron chi connectivity index (χ0n) is 15.9. The number of anilines is 1. The van der Waals surface area contributed by atoms with E-state index in [0.717, 1.165) is 10.9 Å². The zero-order chi connectivity index (χ0) is 20.5. The maximum atomic E-state index is 12.9. The first-order valence-corrected chi connectivity index (χ1v) is 9.78. The molecule has 3 aromatic rings. The molecule has 0 bridgehead atoms. The first-order chi connectivity index (χ1) is 14.0. The normalized spacial score (nSPS) is 13.1. The average Bonchev–Trinajstić information content (AvgIpc) is 2.72. The van der Waals surface area contributed by atoms with E-state index in [1.807, 2.05) is 31.2 Å². The SMILES string of the molecule is Cc1c(Cl)cccc1NC(=O)CCCN1C(=O)c2cccc3cccc(c23)C1=O. The van der Waals surface area contributed by atoms with E-state index >= 15 is 0 Å². The van der Waals surface area contributed by atoms with Crippen molar-refractivity contribution in [1.29, 1.82) is 0 Å².